The lowest BCUT2D eigenvalue weighted by atomic mass is 9.47. The molecule has 0 aliphatic heterocycles. The number of fused-ring (bicyclic) bond motifs is 5. The van der Waals surface area contributed by atoms with Gasteiger partial charge in [-0.15, -0.1) is 0 Å². The van der Waals surface area contributed by atoms with E-state index in [0.29, 0.717) is 16.7 Å². The first-order valence-electron chi connectivity index (χ1n) is 12.1. The largest absolute Gasteiger partial charge is 0.472 e. The average Bonchev–Trinajstić information content (AvgIpc) is 3.35. The van der Waals surface area contributed by atoms with Gasteiger partial charge in [0.1, 0.15) is 0 Å². The van der Waals surface area contributed by atoms with E-state index < -0.39 is 0 Å². The SMILES string of the molecule is C[C@]12CC[C@H]3[C@@H](CC=C4C[C@@H](SCCCN)CC[C@@]43C)[C@@H]1CC[C@@H]2c1ccoc1. The predicted molar refractivity (Wildman–Crippen MR) is 123 cm³/mol. The molecule has 29 heavy (non-hydrogen) atoms. The molecule has 0 radical (unpaired) electrons. The Balaban J connectivity index is 1.34. The molecule has 5 rings (SSSR count). The molecule has 3 fully saturated rings. The van der Waals surface area contributed by atoms with Gasteiger partial charge in [-0.2, -0.15) is 11.8 Å². The third-order valence-electron chi connectivity index (χ3n) is 9.71. The molecule has 2 N–H and O–H groups in total. The minimum absolute atomic E-state index is 0.474. The molecule has 3 saturated carbocycles. The standard InChI is InChI=1S/C26H39NOS/c1-25-11-8-20(29-15-3-13-27)16-19(25)4-5-21-23-7-6-22(18-10-14-28-17-18)26(23,2)12-9-24(21)25/h4,10,14,17,20-24H,3,5-9,11-13,15-16,27H2,1-2H3/t20-,21-,22+,23-,24-,25-,26+/m0/s1. The predicted octanol–water partition coefficient (Wildman–Crippen LogP) is 6.78. The molecule has 2 nitrogen and oxygen atoms in total. The van der Waals surface area contributed by atoms with E-state index in [0.717, 1.165) is 29.5 Å². The molecule has 1 aromatic rings. The number of nitrogens with two attached hydrogens (primary N) is 1. The summed E-state index contributed by atoms with van der Waals surface area (Å²) in [5, 5.41) is 0.836. The summed E-state index contributed by atoms with van der Waals surface area (Å²) in [5.41, 5.74) is 9.94. The fourth-order valence-corrected chi connectivity index (χ4v) is 9.37. The normalized spacial score (nSPS) is 44.0. The van der Waals surface area contributed by atoms with Crippen molar-refractivity contribution in [1.29, 1.82) is 0 Å². The van der Waals surface area contributed by atoms with E-state index in [1.54, 1.807) is 0 Å². The van der Waals surface area contributed by atoms with Gasteiger partial charge in [-0.1, -0.05) is 25.5 Å². The van der Waals surface area contributed by atoms with Crippen molar-refractivity contribution in [3.05, 3.63) is 35.8 Å². The van der Waals surface area contributed by atoms with Crippen LogP contribution >= 0.6 is 11.8 Å². The molecule has 3 heteroatoms. The molecule has 4 aliphatic carbocycles. The minimum Gasteiger partial charge on any atom is -0.472 e. The van der Waals surface area contributed by atoms with E-state index in [1.807, 2.05) is 18.1 Å². The van der Waals surface area contributed by atoms with Crippen LogP contribution < -0.4 is 5.73 Å². The van der Waals surface area contributed by atoms with E-state index in [1.165, 1.54) is 69.1 Å². The molecule has 160 valence electrons. The average molecular weight is 414 g/mol. The lowest BCUT2D eigenvalue weighted by molar-refractivity contribution is -0.0304. The third-order valence-corrected chi connectivity index (χ3v) is 11.1. The summed E-state index contributed by atoms with van der Waals surface area (Å²) >= 11 is 2.19. The van der Waals surface area contributed by atoms with Crippen molar-refractivity contribution in [1.82, 2.24) is 0 Å². The van der Waals surface area contributed by atoms with Gasteiger partial charge in [0.25, 0.3) is 0 Å². The Morgan fingerprint density at radius 2 is 2.03 bits per heavy atom. The lowest BCUT2D eigenvalue weighted by Gasteiger charge is -2.58. The molecule has 4 aliphatic rings. The quantitative estimate of drug-likeness (QED) is 0.427. The van der Waals surface area contributed by atoms with Gasteiger partial charge in [-0.25, -0.2) is 0 Å². The minimum atomic E-state index is 0.474. The second-order valence-corrected chi connectivity index (χ2v) is 12.3. The van der Waals surface area contributed by atoms with E-state index in [-0.39, 0.29) is 0 Å². The summed E-state index contributed by atoms with van der Waals surface area (Å²) in [6, 6.07) is 2.23. The number of thioether (sulfide) groups is 1. The van der Waals surface area contributed by atoms with Crippen molar-refractivity contribution >= 4 is 11.8 Å². The van der Waals surface area contributed by atoms with Crippen LogP contribution in [0, 0.1) is 28.6 Å². The van der Waals surface area contributed by atoms with E-state index in [9.17, 15) is 0 Å². The van der Waals surface area contributed by atoms with Crippen molar-refractivity contribution in [3.63, 3.8) is 0 Å². The van der Waals surface area contributed by atoms with Crippen LogP contribution in [-0.4, -0.2) is 17.5 Å². The molecule has 0 amide bonds. The molecular formula is C26H39NOS. The van der Waals surface area contributed by atoms with Crippen LogP contribution in [0.4, 0.5) is 0 Å². The van der Waals surface area contributed by atoms with Crippen molar-refractivity contribution in [2.75, 3.05) is 12.3 Å². The Hall–Kier alpha value is -0.670. The third kappa shape index (κ3) is 3.26. The Labute approximate surface area is 181 Å². The number of hydrogen-bond acceptors (Lipinski definition) is 3. The highest BCUT2D eigenvalue weighted by Crippen LogP contribution is 2.68. The second-order valence-electron chi connectivity index (χ2n) is 10.9. The summed E-state index contributed by atoms with van der Waals surface area (Å²) in [6.45, 7) is 6.09. The Morgan fingerprint density at radius 3 is 2.83 bits per heavy atom. The van der Waals surface area contributed by atoms with Gasteiger partial charge in [-0.05, 0) is 116 Å². The van der Waals surface area contributed by atoms with E-state index >= 15 is 0 Å². The zero-order chi connectivity index (χ0) is 20.1. The number of allylic oxidation sites excluding steroid dienone is 2. The molecule has 7 atom stereocenters. The Morgan fingerprint density at radius 1 is 1.14 bits per heavy atom. The second kappa shape index (κ2) is 7.79. The number of hydrogen-bond donors (Lipinski definition) is 1. The number of rotatable bonds is 5. The van der Waals surface area contributed by atoms with Crippen LogP contribution in [0.25, 0.3) is 0 Å². The van der Waals surface area contributed by atoms with Gasteiger partial charge in [0.2, 0.25) is 0 Å². The Bertz CT molecular complexity index is 742. The van der Waals surface area contributed by atoms with E-state index in [2.05, 4.69) is 37.8 Å². The first-order valence-corrected chi connectivity index (χ1v) is 13.1. The zero-order valence-corrected chi connectivity index (χ0v) is 19.2. The first kappa shape index (κ1) is 20.2. The molecule has 1 heterocycles. The van der Waals surface area contributed by atoms with Crippen molar-refractivity contribution in [3.8, 4) is 0 Å². The molecule has 0 saturated heterocycles. The van der Waals surface area contributed by atoms with Gasteiger partial charge in [0.15, 0.2) is 0 Å². The molecule has 0 unspecified atom stereocenters. The first-order chi connectivity index (χ1) is 14.1. The molecule has 0 aromatic carbocycles. The van der Waals surface area contributed by atoms with Crippen molar-refractivity contribution in [2.24, 2.45) is 34.3 Å². The maximum atomic E-state index is 5.71. The van der Waals surface area contributed by atoms with Crippen LogP contribution in [-0.2, 0) is 0 Å². The maximum absolute atomic E-state index is 5.71. The zero-order valence-electron chi connectivity index (χ0n) is 18.4. The topological polar surface area (TPSA) is 39.2 Å². The highest BCUT2D eigenvalue weighted by molar-refractivity contribution is 7.99. The highest BCUT2D eigenvalue weighted by atomic mass is 32.2. The summed E-state index contributed by atoms with van der Waals surface area (Å²) in [7, 11) is 0. The molecule has 1 aromatic heterocycles. The van der Waals surface area contributed by atoms with Crippen LogP contribution in [0.15, 0.2) is 34.7 Å². The monoisotopic (exact) mass is 413 g/mol. The number of furan rings is 1. The summed E-state index contributed by atoms with van der Waals surface area (Å²) in [4.78, 5) is 0. The van der Waals surface area contributed by atoms with Crippen molar-refractivity contribution < 1.29 is 4.42 Å². The molecule has 0 bridgehead atoms. The maximum Gasteiger partial charge on any atom is 0.0937 e. The van der Waals surface area contributed by atoms with Crippen LogP contribution in [0.1, 0.15) is 83.1 Å². The van der Waals surface area contributed by atoms with Crippen molar-refractivity contribution in [2.45, 2.75) is 82.8 Å². The Kier molecular flexibility index (Phi) is 5.44. The molecular weight excluding hydrogens is 374 g/mol. The summed E-state index contributed by atoms with van der Waals surface area (Å²) < 4.78 is 5.47. The van der Waals surface area contributed by atoms with Crippen LogP contribution in [0.2, 0.25) is 0 Å². The molecule has 0 spiro atoms. The van der Waals surface area contributed by atoms with E-state index in [4.69, 9.17) is 10.2 Å². The summed E-state index contributed by atoms with van der Waals surface area (Å²) in [6.07, 6.45) is 18.9. The summed E-state index contributed by atoms with van der Waals surface area (Å²) in [5.74, 6) is 4.67. The fourth-order valence-electron chi connectivity index (χ4n) is 8.12. The van der Waals surface area contributed by atoms with Gasteiger partial charge in [0.05, 0.1) is 12.5 Å². The van der Waals surface area contributed by atoms with Crippen LogP contribution in [0.3, 0.4) is 0 Å². The van der Waals surface area contributed by atoms with Crippen LogP contribution in [0.5, 0.6) is 0 Å². The van der Waals surface area contributed by atoms with Gasteiger partial charge >= 0.3 is 0 Å². The van der Waals surface area contributed by atoms with Gasteiger partial charge in [0, 0.05) is 5.25 Å². The lowest BCUT2D eigenvalue weighted by Crippen LogP contribution is -2.50. The van der Waals surface area contributed by atoms with Gasteiger partial charge in [-0.3, -0.25) is 0 Å². The fraction of sp³-hybridized carbons (Fsp3) is 0.769. The van der Waals surface area contributed by atoms with Gasteiger partial charge < -0.3 is 10.2 Å². The highest BCUT2D eigenvalue weighted by Gasteiger charge is 2.58. The smallest absolute Gasteiger partial charge is 0.0937 e.